The molecule has 2 aliphatic rings. The predicted molar refractivity (Wildman–Crippen MR) is 125 cm³/mol. The Kier molecular flexibility index (Phi) is 7.22. The van der Waals surface area contributed by atoms with Crippen LogP contribution < -0.4 is 10.2 Å². The minimum Gasteiger partial charge on any atom is -0.357 e. The van der Waals surface area contributed by atoms with Crippen LogP contribution in [0.15, 0.2) is 47.1 Å². The molecule has 2 aliphatic heterocycles. The second kappa shape index (κ2) is 10.3. The highest BCUT2D eigenvalue weighted by Gasteiger charge is 2.26. The van der Waals surface area contributed by atoms with Crippen molar-refractivity contribution in [1.82, 2.24) is 15.2 Å². The number of carbonyl (C=O) groups excluding carboxylic acids is 2. The number of aromatic nitrogens is 1. The smallest absolute Gasteiger partial charge is 0.254 e. The van der Waals surface area contributed by atoms with E-state index in [9.17, 15) is 9.59 Å². The summed E-state index contributed by atoms with van der Waals surface area (Å²) < 4.78 is 1.03. The van der Waals surface area contributed by atoms with E-state index >= 15 is 0 Å². The van der Waals surface area contributed by atoms with Crippen LogP contribution in [0.2, 0.25) is 0 Å². The first-order valence-electron chi connectivity index (χ1n) is 11.1. The molecule has 164 valence electrons. The standard InChI is InChI=1S/C24H29BrN4O2/c25-21-6-4-18(5-7-21)17-27-23(30)19-9-14-28(15-10-19)22-16-20(8-11-26-22)24(31)29-12-2-1-3-13-29/h4-8,11,16,19H,1-3,9-10,12-15,17H2,(H,27,30). The summed E-state index contributed by atoms with van der Waals surface area (Å²) in [4.78, 5) is 34.0. The van der Waals surface area contributed by atoms with E-state index in [0.717, 1.165) is 67.7 Å². The fraction of sp³-hybridized carbons (Fsp3) is 0.458. The van der Waals surface area contributed by atoms with Crippen molar-refractivity contribution in [3.05, 3.63) is 58.2 Å². The summed E-state index contributed by atoms with van der Waals surface area (Å²) in [7, 11) is 0. The zero-order valence-corrected chi connectivity index (χ0v) is 19.3. The van der Waals surface area contributed by atoms with Crippen molar-refractivity contribution < 1.29 is 9.59 Å². The Hall–Kier alpha value is -2.41. The molecule has 6 nitrogen and oxygen atoms in total. The quantitative estimate of drug-likeness (QED) is 0.696. The monoisotopic (exact) mass is 484 g/mol. The number of pyridine rings is 1. The molecule has 2 aromatic rings. The Morgan fingerprint density at radius 2 is 1.71 bits per heavy atom. The Labute approximate surface area is 192 Å². The first kappa shape index (κ1) is 21.8. The van der Waals surface area contributed by atoms with E-state index in [1.54, 1.807) is 6.20 Å². The number of nitrogens with zero attached hydrogens (tertiary/aromatic N) is 3. The normalized spacial score (nSPS) is 17.5. The molecule has 31 heavy (non-hydrogen) atoms. The van der Waals surface area contributed by atoms with Crippen molar-refractivity contribution in [1.29, 1.82) is 0 Å². The largest absolute Gasteiger partial charge is 0.357 e. The average molecular weight is 485 g/mol. The van der Waals surface area contributed by atoms with Crippen LogP contribution in [-0.2, 0) is 11.3 Å². The van der Waals surface area contributed by atoms with Crippen molar-refractivity contribution in [2.45, 2.75) is 38.6 Å². The molecule has 1 aromatic carbocycles. The van der Waals surface area contributed by atoms with Gasteiger partial charge in [0.05, 0.1) is 0 Å². The second-order valence-corrected chi connectivity index (χ2v) is 9.28. The molecular weight excluding hydrogens is 456 g/mol. The summed E-state index contributed by atoms with van der Waals surface area (Å²) in [5.41, 5.74) is 1.80. The lowest BCUT2D eigenvalue weighted by atomic mass is 9.95. The fourth-order valence-corrected chi connectivity index (χ4v) is 4.57. The summed E-state index contributed by atoms with van der Waals surface area (Å²) in [5, 5.41) is 3.06. The number of piperidine rings is 2. The number of anilines is 1. The van der Waals surface area contributed by atoms with Gasteiger partial charge in [0.15, 0.2) is 0 Å². The molecule has 4 rings (SSSR count). The fourth-order valence-electron chi connectivity index (χ4n) is 4.31. The molecule has 7 heteroatoms. The number of rotatable bonds is 5. The van der Waals surface area contributed by atoms with E-state index in [1.165, 1.54) is 6.42 Å². The van der Waals surface area contributed by atoms with Crippen LogP contribution in [0.1, 0.15) is 48.0 Å². The Morgan fingerprint density at radius 1 is 1.00 bits per heavy atom. The lowest BCUT2D eigenvalue weighted by Crippen LogP contribution is -2.41. The summed E-state index contributed by atoms with van der Waals surface area (Å²) in [6, 6.07) is 11.7. The molecule has 0 radical (unpaired) electrons. The van der Waals surface area contributed by atoms with Gasteiger partial charge in [-0.1, -0.05) is 28.1 Å². The van der Waals surface area contributed by atoms with Crippen molar-refractivity contribution >= 4 is 33.6 Å². The van der Waals surface area contributed by atoms with Crippen molar-refractivity contribution in [3.8, 4) is 0 Å². The summed E-state index contributed by atoms with van der Waals surface area (Å²) in [5.74, 6) is 1.07. The molecule has 0 saturated carbocycles. The molecule has 0 atom stereocenters. The topological polar surface area (TPSA) is 65.5 Å². The number of likely N-dealkylation sites (tertiary alicyclic amines) is 1. The van der Waals surface area contributed by atoms with Gasteiger partial charge in [-0.15, -0.1) is 0 Å². The molecule has 0 spiro atoms. The maximum Gasteiger partial charge on any atom is 0.254 e. The number of halogens is 1. The molecule has 0 bridgehead atoms. The highest BCUT2D eigenvalue weighted by atomic mass is 79.9. The van der Waals surface area contributed by atoms with Crippen LogP contribution in [0.4, 0.5) is 5.82 Å². The Balaban J connectivity index is 1.29. The highest BCUT2D eigenvalue weighted by Crippen LogP contribution is 2.24. The molecule has 1 aromatic heterocycles. The summed E-state index contributed by atoms with van der Waals surface area (Å²) in [6.45, 7) is 3.78. The Bertz CT molecular complexity index is 904. The third-order valence-electron chi connectivity index (χ3n) is 6.21. The van der Waals surface area contributed by atoms with E-state index in [0.29, 0.717) is 12.1 Å². The molecule has 2 fully saturated rings. The van der Waals surface area contributed by atoms with Gasteiger partial charge in [0.1, 0.15) is 5.82 Å². The van der Waals surface area contributed by atoms with Gasteiger partial charge in [0.25, 0.3) is 5.91 Å². The number of nitrogens with one attached hydrogen (secondary N) is 1. The molecular formula is C24H29BrN4O2. The minimum absolute atomic E-state index is 0.0184. The third-order valence-corrected chi connectivity index (χ3v) is 6.73. The van der Waals surface area contributed by atoms with Crippen molar-refractivity contribution in [2.24, 2.45) is 5.92 Å². The molecule has 0 aliphatic carbocycles. The van der Waals surface area contributed by atoms with Gasteiger partial charge in [-0.05, 0) is 61.9 Å². The van der Waals surface area contributed by atoms with Gasteiger partial charge in [-0.3, -0.25) is 9.59 Å². The first-order valence-corrected chi connectivity index (χ1v) is 11.9. The van der Waals surface area contributed by atoms with Crippen LogP contribution in [-0.4, -0.2) is 47.9 Å². The molecule has 2 amide bonds. The molecule has 2 saturated heterocycles. The average Bonchev–Trinajstić information content (AvgIpc) is 2.84. The van der Waals surface area contributed by atoms with Gasteiger partial charge in [-0.2, -0.15) is 0 Å². The summed E-state index contributed by atoms with van der Waals surface area (Å²) >= 11 is 3.43. The van der Waals surface area contributed by atoms with Crippen LogP contribution in [0, 0.1) is 5.92 Å². The van der Waals surface area contributed by atoms with Crippen LogP contribution in [0.3, 0.4) is 0 Å². The molecule has 1 N–H and O–H groups in total. The van der Waals surface area contributed by atoms with Crippen LogP contribution in [0.5, 0.6) is 0 Å². The lowest BCUT2D eigenvalue weighted by molar-refractivity contribution is -0.125. The minimum atomic E-state index is 0.0184. The maximum absolute atomic E-state index is 12.8. The third kappa shape index (κ3) is 5.64. The van der Waals surface area contributed by atoms with Gasteiger partial charge in [0, 0.05) is 54.9 Å². The lowest BCUT2D eigenvalue weighted by Gasteiger charge is -2.32. The van der Waals surface area contributed by atoms with Crippen molar-refractivity contribution in [2.75, 3.05) is 31.1 Å². The molecule has 3 heterocycles. The zero-order valence-electron chi connectivity index (χ0n) is 17.7. The zero-order chi connectivity index (χ0) is 21.6. The van der Waals surface area contributed by atoms with E-state index in [2.05, 4.69) is 31.1 Å². The van der Waals surface area contributed by atoms with Crippen LogP contribution >= 0.6 is 15.9 Å². The van der Waals surface area contributed by atoms with E-state index in [-0.39, 0.29) is 17.7 Å². The predicted octanol–water partition coefficient (Wildman–Crippen LogP) is 4.00. The van der Waals surface area contributed by atoms with Gasteiger partial charge < -0.3 is 15.1 Å². The van der Waals surface area contributed by atoms with E-state index < -0.39 is 0 Å². The van der Waals surface area contributed by atoms with Crippen molar-refractivity contribution in [3.63, 3.8) is 0 Å². The highest BCUT2D eigenvalue weighted by molar-refractivity contribution is 9.10. The van der Waals surface area contributed by atoms with E-state index in [1.807, 2.05) is 41.3 Å². The van der Waals surface area contributed by atoms with Gasteiger partial charge in [-0.25, -0.2) is 4.98 Å². The first-order chi connectivity index (χ1) is 15.1. The number of carbonyl (C=O) groups is 2. The SMILES string of the molecule is O=C(NCc1ccc(Br)cc1)C1CCN(c2cc(C(=O)N3CCCCC3)ccn2)CC1. The van der Waals surface area contributed by atoms with Gasteiger partial charge in [0.2, 0.25) is 5.91 Å². The van der Waals surface area contributed by atoms with Crippen LogP contribution in [0.25, 0.3) is 0 Å². The van der Waals surface area contributed by atoms with E-state index in [4.69, 9.17) is 0 Å². The Morgan fingerprint density at radius 3 is 2.42 bits per heavy atom. The maximum atomic E-state index is 12.8. The number of benzene rings is 1. The number of amides is 2. The summed E-state index contributed by atoms with van der Waals surface area (Å²) in [6.07, 6.45) is 6.68. The van der Waals surface area contributed by atoms with Gasteiger partial charge >= 0.3 is 0 Å². The molecule has 0 unspecified atom stereocenters. The number of hydrogen-bond donors (Lipinski definition) is 1. The second-order valence-electron chi connectivity index (χ2n) is 8.36. The number of hydrogen-bond acceptors (Lipinski definition) is 4.